The summed E-state index contributed by atoms with van der Waals surface area (Å²) in [6, 6.07) is 12.2. The van der Waals surface area contributed by atoms with E-state index in [1.165, 1.54) is 20.3 Å². The molecule has 8 heteroatoms. The molecule has 29 heavy (non-hydrogen) atoms. The van der Waals surface area contributed by atoms with E-state index in [0.717, 1.165) is 22.5 Å². The Bertz CT molecular complexity index is 1110. The minimum atomic E-state index is -3.85. The lowest BCUT2D eigenvalue weighted by atomic mass is 10.1. The van der Waals surface area contributed by atoms with Crippen LogP contribution in [0.1, 0.15) is 29.8 Å². The Morgan fingerprint density at radius 3 is 2.34 bits per heavy atom. The van der Waals surface area contributed by atoms with Gasteiger partial charge in [-0.3, -0.25) is 0 Å². The average molecular weight is 416 g/mol. The van der Waals surface area contributed by atoms with Crippen molar-refractivity contribution in [3.63, 3.8) is 0 Å². The minimum Gasteiger partial charge on any atom is -0.497 e. The molecular formula is C21H25N3O4S. The standard InChI is InChI=1S/C21H25N3O4S/c1-14-6-8-17(9-7-14)24-16(3)19(13-22-24)15(2)23-29(25,26)21-12-18(27-4)10-11-20(21)28-5/h6-13,15,23H,1-5H3/t15-/m0/s1. The van der Waals surface area contributed by atoms with Crippen molar-refractivity contribution < 1.29 is 17.9 Å². The maximum atomic E-state index is 13.0. The lowest BCUT2D eigenvalue weighted by Crippen LogP contribution is -2.27. The zero-order chi connectivity index (χ0) is 21.2. The van der Waals surface area contributed by atoms with E-state index < -0.39 is 16.1 Å². The molecule has 1 N–H and O–H groups in total. The highest BCUT2D eigenvalue weighted by Gasteiger charge is 2.25. The third-order valence-corrected chi connectivity index (χ3v) is 6.35. The highest BCUT2D eigenvalue weighted by atomic mass is 32.2. The van der Waals surface area contributed by atoms with E-state index in [2.05, 4.69) is 9.82 Å². The van der Waals surface area contributed by atoms with Gasteiger partial charge in [0, 0.05) is 23.4 Å². The molecule has 0 fully saturated rings. The van der Waals surface area contributed by atoms with Crippen LogP contribution < -0.4 is 14.2 Å². The van der Waals surface area contributed by atoms with Crippen LogP contribution in [0.25, 0.3) is 5.69 Å². The van der Waals surface area contributed by atoms with E-state index in [-0.39, 0.29) is 10.6 Å². The van der Waals surface area contributed by atoms with Crippen molar-refractivity contribution in [3.8, 4) is 17.2 Å². The first kappa shape index (κ1) is 20.9. The highest BCUT2D eigenvalue weighted by molar-refractivity contribution is 7.89. The Labute approximate surface area is 171 Å². The van der Waals surface area contributed by atoms with Gasteiger partial charge >= 0.3 is 0 Å². The first-order valence-electron chi connectivity index (χ1n) is 9.12. The van der Waals surface area contributed by atoms with Crippen LogP contribution in [0.3, 0.4) is 0 Å². The number of aryl methyl sites for hydroxylation is 1. The second-order valence-electron chi connectivity index (χ2n) is 6.79. The second kappa shape index (κ2) is 8.26. The molecule has 0 aliphatic carbocycles. The summed E-state index contributed by atoms with van der Waals surface area (Å²) in [7, 11) is -0.939. The average Bonchev–Trinajstić information content (AvgIpc) is 3.09. The summed E-state index contributed by atoms with van der Waals surface area (Å²) in [6.07, 6.45) is 1.69. The van der Waals surface area contributed by atoms with Gasteiger partial charge in [-0.15, -0.1) is 0 Å². The van der Waals surface area contributed by atoms with Gasteiger partial charge in [0.2, 0.25) is 10.0 Å². The Hall–Kier alpha value is -2.84. The molecule has 3 rings (SSSR count). The Morgan fingerprint density at radius 1 is 1.03 bits per heavy atom. The fourth-order valence-electron chi connectivity index (χ4n) is 3.15. The van der Waals surface area contributed by atoms with Gasteiger partial charge in [0.1, 0.15) is 16.4 Å². The summed E-state index contributed by atoms with van der Waals surface area (Å²) in [6.45, 7) is 5.72. The zero-order valence-electron chi connectivity index (χ0n) is 17.1. The van der Waals surface area contributed by atoms with Crippen LogP contribution in [-0.4, -0.2) is 32.4 Å². The molecule has 0 amide bonds. The molecular weight excluding hydrogens is 390 g/mol. The number of ether oxygens (including phenoxy) is 2. The molecule has 1 atom stereocenters. The number of benzene rings is 2. The summed E-state index contributed by atoms with van der Waals surface area (Å²) in [5.41, 5.74) is 3.73. The number of hydrogen-bond donors (Lipinski definition) is 1. The predicted molar refractivity (Wildman–Crippen MR) is 111 cm³/mol. The molecule has 0 spiro atoms. The van der Waals surface area contributed by atoms with E-state index >= 15 is 0 Å². The van der Waals surface area contributed by atoms with Crippen molar-refractivity contribution >= 4 is 10.0 Å². The van der Waals surface area contributed by atoms with Crippen molar-refractivity contribution in [2.75, 3.05) is 14.2 Å². The molecule has 0 saturated carbocycles. The molecule has 0 radical (unpaired) electrons. The zero-order valence-corrected chi connectivity index (χ0v) is 17.9. The predicted octanol–water partition coefficient (Wildman–Crippen LogP) is 3.55. The number of rotatable bonds is 7. The molecule has 2 aromatic carbocycles. The number of aromatic nitrogens is 2. The normalized spacial score (nSPS) is 12.6. The molecule has 154 valence electrons. The van der Waals surface area contributed by atoms with Crippen LogP contribution in [0, 0.1) is 13.8 Å². The van der Waals surface area contributed by atoms with Crippen molar-refractivity contribution in [1.29, 1.82) is 0 Å². The van der Waals surface area contributed by atoms with Gasteiger partial charge in [-0.1, -0.05) is 17.7 Å². The van der Waals surface area contributed by atoms with Crippen LogP contribution in [0.5, 0.6) is 11.5 Å². The Morgan fingerprint density at radius 2 is 1.72 bits per heavy atom. The summed E-state index contributed by atoms with van der Waals surface area (Å²) >= 11 is 0. The van der Waals surface area contributed by atoms with Crippen LogP contribution in [0.4, 0.5) is 0 Å². The SMILES string of the molecule is COc1ccc(OC)c(S(=O)(=O)N[C@@H](C)c2cnn(-c3ccc(C)cc3)c2C)c1. The van der Waals surface area contributed by atoms with Crippen molar-refractivity contribution in [1.82, 2.24) is 14.5 Å². The van der Waals surface area contributed by atoms with E-state index in [0.29, 0.717) is 5.75 Å². The second-order valence-corrected chi connectivity index (χ2v) is 8.47. The van der Waals surface area contributed by atoms with Gasteiger partial charge < -0.3 is 9.47 Å². The van der Waals surface area contributed by atoms with Crippen LogP contribution >= 0.6 is 0 Å². The van der Waals surface area contributed by atoms with Crippen molar-refractivity contribution in [2.45, 2.75) is 31.7 Å². The topological polar surface area (TPSA) is 82.4 Å². The summed E-state index contributed by atoms with van der Waals surface area (Å²) < 4.78 is 40.9. The van der Waals surface area contributed by atoms with E-state index in [9.17, 15) is 8.42 Å². The van der Waals surface area contributed by atoms with Gasteiger partial charge in [0.15, 0.2) is 0 Å². The molecule has 0 saturated heterocycles. The first-order chi connectivity index (χ1) is 13.8. The summed E-state index contributed by atoms with van der Waals surface area (Å²) in [5.74, 6) is 0.680. The van der Waals surface area contributed by atoms with Gasteiger partial charge in [-0.05, 0) is 45.0 Å². The lowest BCUT2D eigenvalue weighted by molar-refractivity contribution is 0.391. The number of methoxy groups -OCH3 is 2. The first-order valence-corrected chi connectivity index (χ1v) is 10.6. The number of sulfonamides is 1. The van der Waals surface area contributed by atoms with E-state index in [1.54, 1.807) is 29.9 Å². The Balaban J connectivity index is 1.90. The highest BCUT2D eigenvalue weighted by Crippen LogP contribution is 2.30. The fourth-order valence-corrected chi connectivity index (χ4v) is 4.55. The van der Waals surface area contributed by atoms with Crippen LogP contribution in [0.15, 0.2) is 53.6 Å². The number of hydrogen-bond acceptors (Lipinski definition) is 5. The maximum absolute atomic E-state index is 13.0. The molecule has 7 nitrogen and oxygen atoms in total. The molecule has 0 bridgehead atoms. The monoisotopic (exact) mass is 415 g/mol. The molecule has 0 aliphatic heterocycles. The largest absolute Gasteiger partial charge is 0.497 e. The van der Waals surface area contributed by atoms with Crippen LogP contribution in [0.2, 0.25) is 0 Å². The van der Waals surface area contributed by atoms with Crippen molar-refractivity contribution in [2.24, 2.45) is 0 Å². The smallest absolute Gasteiger partial charge is 0.244 e. The van der Waals surface area contributed by atoms with E-state index in [1.807, 2.05) is 38.1 Å². The van der Waals surface area contributed by atoms with Gasteiger partial charge in [0.25, 0.3) is 0 Å². The minimum absolute atomic E-state index is 0.0229. The van der Waals surface area contributed by atoms with Crippen LogP contribution in [-0.2, 0) is 10.0 Å². The number of nitrogens with one attached hydrogen (secondary N) is 1. The molecule has 1 aromatic heterocycles. The van der Waals surface area contributed by atoms with Gasteiger partial charge in [-0.25, -0.2) is 17.8 Å². The van der Waals surface area contributed by atoms with Gasteiger partial charge in [-0.2, -0.15) is 5.10 Å². The molecule has 0 unspecified atom stereocenters. The molecule has 1 heterocycles. The molecule has 3 aromatic rings. The number of nitrogens with zero attached hydrogens (tertiary/aromatic N) is 2. The maximum Gasteiger partial charge on any atom is 0.244 e. The molecule has 0 aliphatic rings. The lowest BCUT2D eigenvalue weighted by Gasteiger charge is -2.17. The Kier molecular flexibility index (Phi) is 5.95. The van der Waals surface area contributed by atoms with Gasteiger partial charge in [0.05, 0.1) is 26.1 Å². The fraction of sp³-hybridized carbons (Fsp3) is 0.286. The van der Waals surface area contributed by atoms with E-state index in [4.69, 9.17) is 9.47 Å². The third-order valence-electron chi connectivity index (χ3n) is 4.79. The summed E-state index contributed by atoms with van der Waals surface area (Å²) in [5, 5.41) is 4.44. The summed E-state index contributed by atoms with van der Waals surface area (Å²) in [4.78, 5) is 0.0229. The quantitative estimate of drug-likeness (QED) is 0.638. The third kappa shape index (κ3) is 4.28. The van der Waals surface area contributed by atoms with Crippen molar-refractivity contribution in [3.05, 3.63) is 65.5 Å².